The van der Waals surface area contributed by atoms with Gasteiger partial charge in [-0.3, -0.25) is 4.79 Å². The molecule has 0 spiro atoms. The summed E-state index contributed by atoms with van der Waals surface area (Å²) in [5, 5.41) is 2.84. The van der Waals surface area contributed by atoms with Gasteiger partial charge in [0.2, 0.25) is 0 Å². The Morgan fingerprint density at radius 2 is 1.65 bits per heavy atom. The first kappa shape index (κ1) is 11.7. The largest absolute Gasteiger partial charge is 0.322 e. The summed E-state index contributed by atoms with van der Waals surface area (Å²) in [6, 6.07) is 16.9. The number of rotatable bonds is 3. The monoisotopic (exact) mass is 243 g/mol. The van der Waals surface area contributed by atoms with E-state index in [0.29, 0.717) is 11.3 Å². The van der Waals surface area contributed by atoms with Crippen LogP contribution in [-0.4, -0.2) is 5.91 Å². The maximum absolute atomic E-state index is 11.9. The lowest BCUT2D eigenvalue weighted by molar-refractivity contribution is 0.102. The molecule has 2 aromatic carbocycles. The maximum Gasteiger partial charge on any atom is 0.255 e. The molecule has 2 rings (SSSR count). The molecule has 0 saturated carbocycles. The minimum Gasteiger partial charge on any atom is -0.322 e. The number of thiol groups is 1. The van der Waals surface area contributed by atoms with Crippen LogP contribution < -0.4 is 5.32 Å². The molecule has 2 nitrogen and oxygen atoms in total. The SMILES string of the molecule is O=C(Nc1ccccc1)c1ccc(CS)cc1. The Balaban J connectivity index is 2.09. The summed E-state index contributed by atoms with van der Waals surface area (Å²) in [6.07, 6.45) is 0. The van der Waals surface area contributed by atoms with Crippen LogP contribution in [0.15, 0.2) is 54.6 Å². The minimum absolute atomic E-state index is 0.0954. The van der Waals surface area contributed by atoms with Crippen LogP contribution in [0, 0.1) is 0 Å². The van der Waals surface area contributed by atoms with Gasteiger partial charge in [-0.05, 0) is 29.8 Å². The molecule has 1 amide bonds. The van der Waals surface area contributed by atoms with Crippen LogP contribution in [0.3, 0.4) is 0 Å². The molecule has 0 radical (unpaired) electrons. The highest BCUT2D eigenvalue weighted by Gasteiger charge is 2.04. The molecule has 2 aromatic rings. The highest BCUT2D eigenvalue weighted by atomic mass is 32.1. The number of hydrogen-bond acceptors (Lipinski definition) is 2. The third-order valence-electron chi connectivity index (χ3n) is 2.43. The summed E-state index contributed by atoms with van der Waals surface area (Å²) in [5.74, 6) is 0.586. The zero-order valence-corrected chi connectivity index (χ0v) is 10.2. The molecule has 0 unspecified atom stereocenters. The molecule has 0 heterocycles. The second-order valence-corrected chi connectivity index (χ2v) is 3.99. The van der Waals surface area contributed by atoms with Crippen LogP contribution in [0.25, 0.3) is 0 Å². The lowest BCUT2D eigenvalue weighted by Crippen LogP contribution is -2.11. The van der Waals surface area contributed by atoms with Gasteiger partial charge >= 0.3 is 0 Å². The first-order valence-electron chi connectivity index (χ1n) is 5.36. The smallest absolute Gasteiger partial charge is 0.255 e. The van der Waals surface area contributed by atoms with Gasteiger partial charge in [0.05, 0.1) is 0 Å². The summed E-state index contributed by atoms with van der Waals surface area (Å²) >= 11 is 4.18. The molecule has 3 heteroatoms. The number of anilines is 1. The molecule has 1 N–H and O–H groups in total. The van der Waals surface area contributed by atoms with E-state index in [1.807, 2.05) is 54.6 Å². The Bertz CT molecular complexity index is 493. The van der Waals surface area contributed by atoms with Crippen molar-refractivity contribution < 1.29 is 4.79 Å². The van der Waals surface area contributed by atoms with Crippen LogP contribution >= 0.6 is 12.6 Å². The number of carbonyl (C=O) groups excluding carboxylic acids is 1. The lowest BCUT2D eigenvalue weighted by Gasteiger charge is -2.05. The van der Waals surface area contributed by atoms with Crippen molar-refractivity contribution in [2.45, 2.75) is 5.75 Å². The predicted molar refractivity (Wildman–Crippen MR) is 73.5 cm³/mol. The molecule has 0 aliphatic rings. The zero-order valence-electron chi connectivity index (χ0n) is 9.26. The van der Waals surface area contributed by atoms with E-state index >= 15 is 0 Å². The Morgan fingerprint density at radius 1 is 1.00 bits per heavy atom. The number of amides is 1. The summed E-state index contributed by atoms with van der Waals surface area (Å²) in [5.41, 5.74) is 2.56. The number of nitrogens with one attached hydrogen (secondary N) is 1. The van der Waals surface area contributed by atoms with Crippen molar-refractivity contribution in [1.82, 2.24) is 0 Å². The average Bonchev–Trinajstić information content (AvgIpc) is 2.40. The third-order valence-corrected chi connectivity index (χ3v) is 2.80. The maximum atomic E-state index is 11.9. The van der Waals surface area contributed by atoms with Crippen molar-refractivity contribution >= 4 is 24.2 Å². The fourth-order valence-corrected chi connectivity index (χ4v) is 1.70. The van der Waals surface area contributed by atoms with Crippen LogP contribution in [-0.2, 0) is 5.75 Å². The summed E-state index contributed by atoms with van der Waals surface area (Å²) in [7, 11) is 0. The number of para-hydroxylation sites is 1. The van der Waals surface area contributed by atoms with Gasteiger partial charge in [-0.25, -0.2) is 0 Å². The van der Waals surface area contributed by atoms with Crippen LogP contribution in [0.4, 0.5) is 5.69 Å². The highest BCUT2D eigenvalue weighted by molar-refractivity contribution is 7.79. The second kappa shape index (κ2) is 5.55. The molecular weight excluding hydrogens is 230 g/mol. The van der Waals surface area contributed by atoms with Gasteiger partial charge in [-0.1, -0.05) is 30.3 Å². The lowest BCUT2D eigenvalue weighted by atomic mass is 10.1. The molecule has 0 aliphatic carbocycles. The summed E-state index contributed by atoms with van der Waals surface area (Å²) < 4.78 is 0. The van der Waals surface area contributed by atoms with Gasteiger partial charge in [0.1, 0.15) is 0 Å². The first-order chi connectivity index (χ1) is 8.29. The summed E-state index contributed by atoms with van der Waals surface area (Å²) in [6.45, 7) is 0. The minimum atomic E-state index is -0.0954. The van der Waals surface area contributed by atoms with E-state index in [1.165, 1.54) is 0 Å². The second-order valence-electron chi connectivity index (χ2n) is 3.68. The van der Waals surface area contributed by atoms with Crippen LogP contribution in [0.1, 0.15) is 15.9 Å². The molecule has 17 heavy (non-hydrogen) atoms. The Kier molecular flexibility index (Phi) is 3.83. The molecule has 0 atom stereocenters. The van der Waals surface area contributed by atoms with Gasteiger partial charge in [0.25, 0.3) is 5.91 Å². The average molecular weight is 243 g/mol. The molecule has 86 valence electrons. The third kappa shape index (κ3) is 3.11. The van der Waals surface area contributed by atoms with E-state index < -0.39 is 0 Å². The van der Waals surface area contributed by atoms with Crippen molar-refractivity contribution in [3.8, 4) is 0 Å². The number of hydrogen-bond donors (Lipinski definition) is 2. The molecule has 0 aromatic heterocycles. The van der Waals surface area contributed by atoms with Crippen molar-refractivity contribution in [2.75, 3.05) is 5.32 Å². The van der Waals surface area contributed by atoms with Gasteiger partial charge in [0, 0.05) is 17.0 Å². The van der Waals surface area contributed by atoms with Crippen molar-refractivity contribution in [3.05, 3.63) is 65.7 Å². The van der Waals surface area contributed by atoms with Crippen LogP contribution in [0.5, 0.6) is 0 Å². The van der Waals surface area contributed by atoms with Gasteiger partial charge in [-0.2, -0.15) is 12.6 Å². The van der Waals surface area contributed by atoms with E-state index in [0.717, 1.165) is 11.3 Å². The van der Waals surface area contributed by atoms with Crippen LogP contribution in [0.2, 0.25) is 0 Å². The highest BCUT2D eigenvalue weighted by Crippen LogP contribution is 2.10. The fourth-order valence-electron chi connectivity index (χ4n) is 1.49. The van der Waals surface area contributed by atoms with Gasteiger partial charge in [-0.15, -0.1) is 0 Å². The zero-order chi connectivity index (χ0) is 12.1. The molecule has 0 bridgehead atoms. The summed E-state index contributed by atoms with van der Waals surface area (Å²) in [4.78, 5) is 11.9. The predicted octanol–water partition coefficient (Wildman–Crippen LogP) is 3.37. The molecular formula is C14H13NOS. The van der Waals surface area contributed by atoms with E-state index in [4.69, 9.17) is 0 Å². The molecule has 0 saturated heterocycles. The quantitative estimate of drug-likeness (QED) is 0.795. The van der Waals surface area contributed by atoms with Crippen molar-refractivity contribution in [3.63, 3.8) is 0 Å². The number of benzene rings is 2. The first-order valence-corrected chi connectivity index (χ1v) is 5.99. The van der Waals surface area contributed by atoms with E-state index in [-0.39, 0.29) is 5.91 Å². The van der Waals surface area contributed by atoms with E-state index in [9.17, 15) is 4.79 Å². The van der Waals surface area contributed by atoms with Crippen molar-refractivity contribution in [1.29, 1.82) is 0 Å². The Hall–Kier alpha value is -1.74. The molecule has 0 fully saturated rings. The van der Waals surface area contributed by atoms with Gasteiger partial charge in [0.15, 0.2) is 0 Å². The molecule has 0 aliphatic heterocycles. The topological polar surface area (TPSA) is 29.1 Å². The van der Waals surface area contributed by atoms with E-state index in [2.05, 4.69) is 17.9 Å². The normalized spacial score (nSPS) is 9.94. The number of carbonyl (C=O) groups is 1. The Labute approximate surface area is 106 Å². The van der Waals surface area contributed by atoms with Crippen molar-refractivity contribution in [2.24, 2.45) is 0 Å². The van der Waals surface area contributed by atoms with E-state index in [1.54, 1.807) is 0 Å². The Morgan fingerprint density at radius 3 is 2.24 bits per heavy atom. The fraction of sp³-hybridized carbons (Fsp3) is 0.0714. The van der Waals surface area contributed by atoms with Gasteiger partial charge < -0.3 is 5.32 Å². The standard InChI is InChI=1S/C14H13NOS/c16-14(15-13-4-2-1-3-5-13)12-8-6-11(10-17)7-9-12/h1-9,17H,10H2,(H,15,16).